The Morgan fingerprint density at radius 3 is 2.50 bits per heavy atom. The highest BCUT2D eigenvalue weighted by molar-refractivity contribution is 7.89. The standard InChI is InChI=1S/C24H21ClN4O3S2/c1-16-22(33-23(27-16)19-3-2-8-26-15-19)24(30)28-9-11-29(12-10-28)34(31,32)21-7-5-17-13-20(25)6-4-18(17)14-21/h2-8,13-15H,9-12H2,1H3. The van der Waals surface area contributed by atoms with Gasteiger partial charge in [0.15, 0.2) is 0 Å². The van der Waals surface area contributed by atoms with Gasteiger partial charge in [0.1, 0.15) is 9.88 Å². The smallest absolute Gasteiger partial charge is 0.265 e. The number of nitrogens with zero attached hydrogens (tertiary/aromatic N) is 4. The van der Waals surface area contributed by atoms with Gasteiger partial charge in [-0.3, -0.25) is 9.78 Å². The molecule has 2 aromatic heterocycles. The number of hydrogen-bond acceptors (Lipinski definition) is 6. The number of fused-ring (bicyclic) bond motifs is 1. The van der Waals surface area contributed by atoms with Crippen molar-refractivity contribution in [2.45, 2.75) is 11.8 Å². The second-order valence-corrected chi connectivity index (χ2v) is 11.4. The van der Waals surface area contributed by atoms with Gasteiger partial charge in [0.2, 0.25) is 10.0 Å². The predicted octanol–water partition coefficient (Wildman–Crippen LogP) is 4.47. The first-order chi connectivity index (χ1) is 16.3. The number of halogens is 1. The van der Waals surface area contributed by atoms with Crippen LogP contribution in [0.15, 0.2) is 65.8 Å². The SMILES string of the molecule is Cc1nc(-c2cccnc2)sc1C(=O)N1CCN(S(=O)(=O)c2ccc3cc(Cl)ccc3c2)CC1. The van der Waals surface area contributed by atoms with Gasteiger partial charge in [-0.2, -0.15) is 4.31 Å². The molecule has 1 aliphatic rings. The Hall–Kier alpha value is -2.85. The highest BCUT2D eigenvalue weighted by atomic mass is 35.5. The Balaban J connectivity index is 1.30. The minimum atomic E-state index is -3.67. The van der Waals surface area contributed by atoms with Gasteiger partial charge in [0, 0.05) is 49.2 Å². The second-order valence-electron chi connectivity index (χ2n) is 8.02. The highest BCUT2D eigenvalue weighted by Crippen LogP contribution is 2.29. The molecule has 1 saturated heterocycles. The van der Waals surface area contributed by atoms with Crippen molar-refractivity contribution in [2.75, 3.05) is 26.2 Å². The van der Waals surface area contributed by atoms with Crippen molar-refractivity contribution in [3.05, 3.63) is 76.5 Å². The summed E-state index contributed by atoms with van der Waals surface area (Å²) in [6.07, 6.45) is 3.41. The van der Waals surface area contributed by atoms with E-state index in [1.165, 1.54) is 15.6 Å². The monoisotopic (exact) mass is 512 g/mol. The summed E-state index contributed by atoms with van der Waals surface area (Å²) in [5, 5.41) is 3.04. The number of carbonyl (C=O) groups is 1. The third kappa shape index (κ3) is 4.32. The first kappa shape index (κ1) is 22.9. The van der Waals surface area contributed by atoms with Crippen LogP contribution in [0.25, 0.3) is 21.3 Å². The Kier molecular flexibility index (Phi) is 6.11. The van der Waals surface area contributed by atoms with Crippen LogP contribution < -0.4 is 0 Å². The average Bonchev–Trinajstić information content (AvgIpc) is 3.25. The van der Waals surface area contributed by atoms with Gasteiger partial charge < -0.3 is 4.90 Å². The van der Waals surface area contributed by atoms with Gasteiger partial charge in [-0.1, -0.05) is 23.7 Å². The van der Waals surface area contributed by atoms with E-state index in [0.29, 0.717) is 28.7 Å². The number of carbonyl (C=O) groups excluding carboxylic acids is 1. The molecule has 7 nitrogen and oxygen atoms in total. The molecule has 0 spiro atoms. The van der Waals surface area contributed by atoms with E-state index in [0.717, 1.165) is 21.3 Å². The summed E-state index contributed by atoms with van der Waals surface area (Å²) in [4.78, 5) is 24.3. The number of sulfonamides is 1. The number of pyridine rings is 1. The lowest BCUT2D eigenvalue weighted by atomic mass is 10.1. The number of piperazine rings is 1. The van der Waals surface area contributed by atoms with Crippen LogP contribution in [0.3, 0.4) is 0 Å². The zero-order chi connectivity index (χ0) is 23.9. The maximum atomic E-state index is 13.2. The number of hydrogen-bond donors (Lipinski definition) is 0. The fourth-order valence-electron chi connectivity index (χ4n) is 3.99. The topological polar surface area (TPSA) is 83.5 Å². The van der Waals surface area contributed by atoms with Crippen molar-refractivity contribution in [2.24, 2.45) is 0 Å². The van der Waals surface area contributed by atoms with Crippen molar-refractivity contribution >= 4 is 49.6 Å². The Morgan fingerprint density at radius 2 is 1.76 bits per heavy atom. The van der Waals surface area contributed by atoms with Crippen molar-refractivity contribution in [3.63, 3.8) is 0 Å². The Bertz CT molecular complexity index is 1480. The number of benzene rings is 2. The molecule has 0 saturated carbocycles. The van der Waals surface area contributed by atoms with E-state index in [1.807, 2.05) is 25.1 Å². The third-order valence-electron chi connectivity index (χ3n) is 5.84. The normalized spacial score (nSPS) is 15.1. The number of aryl methyl sites for hydroxylation is 1. The quantitative estimate of drug-likeness (QED) is 0.403. The molecule has 0 aliphatic carbocycles. The zero-order valence-electron chi connectivity index (χ0n) is 18.3. The molecule has 4 aromatic rings. The lowest BCUT2D eigenvalue weighted by Gasteiger charge is -2.33. The largest absolute Gasteiger partial charge is 0.335 e. The van der Waals surface area contributed by atoms with Crippen molar-refractivity contribution in [3.8, 4) is 10.6 Å². The number of thiazole rings is 1. The lowest BCUT2D eigenvalue weighted by molar-refractivity contribution is 0.0702. The van der Waals surface area contributed by atoms with Crippen LogP contribution in [-0.4, -0.2) is 59.7 Å². The second kappa shape index (κ2) is 9.07. The summed E-state index contributed by atoms with van der Waals surface area (Å²) in [7, 11) is -3.67. The summed E-state index contributed by atoms with van der Waals surface area (Å²) in [5.74, 6) is -0.121. The maximum absolute atomic E-state index is 13.2. The zero-order valence-corrected chi connectivity index (χ0v) is 20.7. The summed E-state index contributed by atoms with van der Waals surface area (Å²) in [6, 6.07) is 14.1. The molecule has 174 valence electrons. The molecule has 0 atom stereocenters. The van der Waals surface area contributed by atoms with Gasteiger partial charge in [-0.25, -0.2) is 13.4 Å². The van der Waals surface area contributed by atoms with E-state index in [4.69, 9.17) is 11.6 Å². The fourth-order valence-corrected chi connectivity index (χ4v) is 6.65. The average molecular weight is 513 g/mol. The molecule has 5 rings (SSSR count). The van der Waals surface area contributed by atoms with Crippen LogP contribution in [0.1, 0.15) is 15.4 Å². The first-order valence-corrected chi connectivity index (χ1v) is 13.3. The van der Waals surface area contributed by atoms with Crippen molar-refractivity contribution in [1.82, 2.24) is 19.2 Å². The Morgan fingerprint density at radius 1 is 1.03 bits per heavy atom. The number of amides is 1. The summed E-state index contributed by atoms with van der Waals surface area (Å²) >= 11 is 7.37. The maximum Gasteiger partial charge on any atom is 0.265 e. The Labute approximate surface area is 206 Å². The minimum Gasteiger partial charge on any atom is -0.335 e. The summed E-state index contributed by atoms with van der Waals surface area (Å²) in [6.45, 7) is 2.93. The van der Waals surface area contributed by atoms with Crippen LogP contribution >= 0.6 is 22.9 Å². The van der Waals surface area contributed by atoms with Gasteiger partial charge >= 0.3 is 0 Å². The lowest BCUT2D eigenvalue weighted by Crippen LogP contribution is -2.50. The first-order valence-electron chi connectivity index (χ1n) is 10.7. The highest BCUT2D eigenvalue weighted by Gasteiger charge is 2.31. The molecule has 0 radical (unpaired) electrons. The summed E-state index contributed by atoms with van der Waals surface area (Å²) in [5.41, 5.74) is 1.53. The third-order valence-corrected chi connectivity index (χ3v) is 9.16. The van der Waals surface area contributed by atoms with Crippen molar-refractivity contribution < 1.29 is 13.2 Å². The van der Waals surface area contributed by atoms with Crippen LogP contribution in [0, 0.1) is 6.92 Å². The van der Waals surface area contributed by atoms with E-state index in [-0.39, 0.29) is 23.9 Å². The van der Waals surface area contributed by atoms with Gasteiger partial charge in [0.25, 0.3) is 5.91 Å². The van der Waals surface area contributed by atoms with Crippen LogP contribution in [0.5, 0.6) is 0 Å². The molecule has 3 heterocycles. The molecule has 1 aliphatic heterocycles. The fraction of sp³-hybridized carbons (Fsp3) is 0.208. The molecular formula is C24H21ClN4O3S2. The van der Waals surface area contributed by atoms with Crippen molar-refractivity contribution in [1.29, 1.82) is 0 Å². The predicted molar refractivity (Wildman–Crippen MR) is 134 cm³/mol. The molecule has 1 amide bonds. The molecule has 0 bridgehead atoms. The van der Waals surface area contributed by atoms with Gasteiger partial charge in [0.05, 0.1) is 10.6 Å². The molecule has 0 unspecified atom stereocenters. The molecule has 2 aromatic carbocycles. The number of aromatic nitrogens is 2. The van der Waals surface area contributed by atoms with E-state index in [1.54, 1.807) is 47.6 Å². The van der Waals surface area contributed by atoms with Crippen LogP contribution in [-0.2, 0) is 10.0 Å². The van der Waals surface area contributed by atoms with Gasteiger partial charge in [-0.05, 0) is 54.1 Å². The molecule has 0 N–H and O–H groups in total. The molecule has 34 heavy (non-hydrogen) atoms. The summed E-state index contributed by atoms with van der Waals surface area (Å²) < 4.78 is 27.9. The van der Waals surface area contributed by atoms with E-state index < -0.39 is 10.0 Å². The van der Waals surface area contributed by atoms with Gasteiger partial charge in [-0.15, -0.1) is 11.3 Å². The molecule has 10 heteroatoms. The van der Waals surface area contributed by atoms with Crippen LogP contribution in [0.4, 0.5) is 0 Å². The molecule has 1 fully saturated rings. The van der Waals surface area contributed by atoms with E-state index >= 15 is 0 Å². The molecular weight excluding hydrogens is 492 g/mol. The van der Waals surface area contributed by atoms with Crippen LogP contribution in [0.2, 0.25) is 5.02 Å². The number of rotatable bonds is 4. The minimum absolute atomic E-state index is 0.121. The van der Waals surface area contributed by atoms with E-state index in [9.17, 15) is 13.2 Å². The van der Waals surface area contributed by atoms with E-state index in [2.05, 4.69) is 9.97 Å².